The van der Waals surface area contributed by atoms with E-state index in [-0.39, 0.29) is 59.7 Å². The molecule has 6 heterocycles. The molecule has 12 nitrogen and oxygen atoms in total. The van der Waals surface area contributed by atoms with Gasteiger partial charge in [-0.05, 0) is 49.5 Å². The van der Waals surface area contributed by atoms with Crippen LogP contribution in [0, 0.1) is 23.2 Å². The van der Waals surface area contributed by atoms with E-state index in [1.807, 2.05) is 0 Å². The number of hydrogen-bond donors (Lipinski definition) is 4. The van der Waals surface area contributed by atoms with Gasteiger partial charge in [0.05, 0.1) is 25.4 Å². The van der Waals surface area contributed by atoms with Gasteiger partial charge < -0.3 is 53.6 Å². The predicted octanol–water partition coefficient (Wildman–Crippen LogP) is 0.113. The van der Waals surface area contributed by atoms with Crippen LogP contribution >= 0.6 is 0 Å². The number of carbonyl (C=O) groups is 1. The lowest BCUT2D eigenvalue weighted by atomic mass is 9.42. The summed E-state index contributed by atoms with van der Waals surface area (Å²) in [7, 11) is 0. The van der Waals surface area contributed by atoms with E-state index < -0.39 is 54.1 Å². The van der Waals surface area contributed by atoms with E-state index in [1.165, 1.54) is 0 Å². The lowest BCUT2D eigenvalue weighted by Crippen LogP contribution is -2.84. The van der Waals surface area contributed by atoms with Crippen molar-refractivity contribution in [3.63, 3.8) is 0 Å². The molecule has 8 fully saturated rings. The number of esters is 1. The Morgan fingerprint density at radius 2 is 1.84 bits per heavy atom. The van der Waals surface area contributed by atoms with Gasteiger partial charge in [-0.3, -0.25) is 0 Å². The Morgan fingerprint density at radius 1 is 1.05 bits per heavy atom. The monoisotopic (exact) mass is 620 g/mol. The van der Waals surface area contributed by atoms with Crippen LogP contribution in [0.5, 0.6) is 0 Å². The maximum atomic E-state index is 12.5. The van der Waals surface area contributed by atoms with Gasteiger partial charge in [0.15, 0.2) is 6.29 Å². The molecule has 0 amide bonds. The molecule has 6 aliphatic heterocycles. The zero-order chi connectivity index (χ0) is 30.6. The Balaban J connectivity index is 0.935. The molecule has 4 aliphatic carbocycles. The summed E-state index contributed by atoms with van der Waals surface area (Å²) in [5, 5.41) is 40.2. The first-order valence-electron chi connectivity index (χ1n) is 16.5. The molecule has 16 atom stereocenters. The van der Waals surface area contributed by atoms with E-state index in [1.54, 1.807) is 0 Å². The van der Waals surface area contributed by atoms with Gasteiger partial charge in [-0.1, -0.05) is 20.8 Å². The van der Waals surface area contributed by atoms with Crippen molar-refractivity contribution < 1.29 is 58.4 Å². The standard InChI is InChI=1S/C32H44O12/c1-13(2)31-24(43-31)25-32(44-25)29(3)7-6-16-17(12-38-26(16)37)20(29)18-9-30(32,42-18)28(31)39-11-14-4-5-15(8-14)40-27-23(36)22(35)21(34)19(10-33)41-27/h13-15,18-25,27-28,33-36H,4-12H2,1-3H3. The van der Waals surface area contributed by atoms with E-state index in [9.17, 15) is 25.2 Å². The molecule has 0 aromatic heterocycles. The molecule has 44 heavy (non-hydrogen) atoms. The molecule has 4 N–H and O–H groups in total. The molecule has 0 aromatic rings. The number of cyclic esters (lactones) is 1. The Labute approximate surface area is 255 Å². The largest absolute Gasteiger partial charge is 0.458 e. The van der Waals surface area contributed by atoms with E-state index in [2.05, 4.69) is 20.8 Å². The van der Waals surface area contributed by atoms with E-state index in [0.29, 0.717) is 26.1 Å². The summed E-state index contributed by atoms with van der Waals surface area (Å²) >= 11 is 0. The number of epoxide rings is 2. The molecule has 0 aromatic carbocycles. The second-order valence-electron chi connectivity index (χ2n) is 15.4. The van der Waals surface area contributed by atoms with E-state index >= 15 is 0 Å². The molecule has 2 spiro atoms. The molecule has 2 bridgehead atoms. The van der Waals surface area contributed by atoms with Gasteiger partial charge in [-0.15, -0.1) is 0 Å². The van der Waals surface area contributed by atoms with Gasteiger partial charge >= 0.3 is 5.97 Å². The van der Waals surface area contributed by atoms with Crippen LogP contribution in [0.3, 0.4) is 0 Å². The highest BCUT2D eigenvalue weighted by molar-refractivity contribution is 5.92. The molecule has 3 saturated carbocycles. The number of aliphatic hydroxyl groups is 4. The SMILES string of the molecule is CC(C)C12OC1C1OC13C1(C)CCC4=C(COC4=O)C1C1CC3(O1)C2OCC1CCC(OC2OC(CO)C(O)C(O)C2O)C1. The Bertz CT molecular complexity index is 1280. The summed E-state index contributed by atoms with van der Waals surface area (Å²) in [6.45, 7) is 7.06. The normalized spacial score (nSPS) is 58.0. The highest BCUT2D eigenvalue weighted by Crippen LogP contribution is 2.82. The number of hydrogen-bond acceptors (Lipinski definition) is 12. The fourth-order valence-corrected chi connectivity index (χ4v) is 11.0. The first-order valence-corrected chi connectivity index (χ1v) is 16.5. The van der Waals surface area contributed by atoms with Crippen molar-refractivity contribution in [3.8, 4) is 0 Å². The molecule has 5 saturated heterocycles. The maximum absolute atomic E-state index is 12.5. The van der Waals surface area contributed by atoms with Gasteiger partial charge in [-0.25, -0.2) is 4.79 Å². The fourth-order valence-electron chi connectivity index (χ4n) is 11.0. The van der Waals surface area contributed by atoms with Crippen LogP contribution in [0.25, 0.3) is 0 Å². The second-order valence-corrected chi connectivity index (χ2v) is 15.4. The maximum Gasteiger partial charge on any atom is 0.334 e. The van der Waals surface area contributed by atoms with Crippen LogP contribution in [0.1, 0.15) is 59.3 Å². The van der Waals surface area contributed by atoms with E-state index in [4.69, 9.17) is 33.2 Å². The number of carbonyl (C=O) groups excluding carboxylic acids is 1. The van der Waals surface area contributed by atoms with Crippen LogP contribution in [0.2, 0.25) is 0 Å². The van der Waals surface area contributed by atoms with Crippen LogP contribution in [0.4, 0.5) is 0 Å². The highest BCUT2D eigenvalue weighted by Gasteiger charge is 2.98. The summed E-state index contributed by atoms with van der Waals surface area (Å²) in [4.78, 5) is 12.5. The summed E-state index contributed by atoms with van der Waals surface area (Å²) in [6.07, 6.45) is -2.44. The van der Waals surface area contributed by atoms with Crippen molar-refractivity contribution in [1.82, 2.24) is 0 Å². The highest BCUT2D eigenvalue weighted by atomic mass is 16.7. The smallest absolute Gasteiger partial charge is 0.334 e. The van der Waals surface area contributed by atoms with Crippen LogP contribution in [0.15, 0.2) is 11.1 Å². The zero-order valence-corrected chi connectivity index (χ0v) is 25.4. The fraction of sp³-hybridized carbons (Fsp3) is 0.906. The first-order chi connectivity index (χ1) is 21.0. The van der Waals surface area contributed by atoms with Crippen molar-refractivity contribution in [2.75, 3.05) is 19.8 Å². The van der Waals surface area contributed by atoms with Crippen LogP contribution in [-0.4, -0.2) is 124 Å². The number of rotatable bonds is 7. The van der Waals surface area contributed by atoms with Gasteiger partial charge in [0.2, 0.25) is 0 Å². The van der Waals surface area contributed by atoms with Crippen LogP contribution in [-0.2, 0) is 38.0 Å². The molecule has 10 rings (SSSR count). The molecular formula is C32H44O12. The minimum Gasteiger partial charge on any atom is -0.458 e. The van der Waals surface area contributed by atoms with Crippen molar-refractivity contribution in [1.29, 1.82) is 0 Å². The van der Waals surface area contributed by atoms with Crippen molar-refractivity contribution in [2.24, 2.45) is 23.2 Å². The minimum absolute atomic E-state index is 0.0105. The van der Waals surface area contributed by atoms with Gasteiger partial charge in [0.1, 0.15) is 66.1 Å². The zero-order valence-electron chi connectivity index (χ0n) is 25.4. The van der Waals surface area contributed by atoms with Gasteiger partial charge in [0.25, 0.3) is 0 Å². The topological polar surface area (TPSA) is 169 Å². The summed E-state index contributed by atoms with van der Waals surface area (Å²) in [5.41, 5.74) is 0.121. The van der Waals surface area contributed by atoms with Crippen LogP contribution < -0.4 is 0 Å². The third kappa shape index (κ3) is 3.31. The molecule has 10 aliphatic rings. The quantitative estimate of drug-likeness (QED) is 0.224. The third-order valence-corrected chi connectivity index (χ3v) is 13.2. The summed E-state index contributed by atoms with van der Waals surface area (Å²) < 4.78 is 44.6. The summed E-state index contributed by atoms with van der Waals surface area (Å²) in [6, 6.07) is 0. The molecule has 0 radical (unpaired) electrons. The molecule has 12 heteroatoms. The minimum atomic E-state index is -1.46. The second kappa shape index (κ2) is 9.24. The predicted molar refractivity (Wildman–Crippen MR) is 147 cm³/mol. The number of fused-ring (bicyclic) bond motifs is 2. The number of ether oxygens (including phenoxy) is 7. The average Bonchev–Trinajstić information content (AvgIpc) is 3.82. The van der Waals surface area contributed by atoms with Gasteiger partial charge in [0, 0.05) is 23.3 Å². The van der Waals surface area contributed by atoms with Gasteiger partial charge in [-0.2, -0.15) is 0 Å². The van der Waals surface area contributed by atoms with E-state index in [0.717, 1.165) is 36.8 Å². The lowest BCUT2D eigenvalue weighted by Gasteiger charge is -2.70. The lowest BCUT2D eigenvalue weighted by molar-refractivity contribution is -0.372. The van der Waals surface area contributed by atoms with Crippen molar-refractivity contribution in [3.05, 3.63) is 11.1 Å². The molecular weight excluding hydrogens is 576 g/mol. The first kappa shape index (κ1) is 29.0. The Hall–Kier alpha value is -1.19. The number of aliphatic hydroxyl groups excluding tert-OH is 4. The average molecular weight is 621 g/mol. The van der Waals surface area contributed by atoms with Crippen molar-refractivity contribution in [2.45, 2.75) is 137 Å². The molecule has 16 unspecified atom stereocenters. The molecule has 244 valence electrons. The Morgan fingerprint density at radius 3 is 2.59 bits per heavy atom. The Kier molecular flexibility index (Phi) is 6.09. The third-order valence-electron chi connectivity index (χ3n) is 13.2. The van der Waals surface area contributed by atoms with Crippen molar-refractivity contribution >= 4 is 5.97 Å². The summed E-state index contributed by atoms with van der Waals surface area (Å²) in [5.74, 6) is 0.312.